The fraction of sp³-hybridized carbons (Fsp3) is 0.324. The van der Waals surface area contributed by atoms with Gasteiger partial charge in [0.1, 0.15) is 5.75 Å². The van der Waals surface area contributed by atoms with Gasteiger partial charge in [-0.1, -0.05) is 54.6 Å². The molecule has 210 valence electrons. The molecule has 0 radical (unpaired) electrons. The van der Waals surface area contributed by atoms with Gasteiger partial charge in [0.25, 0.3) is 5.91 Å². The van der Waals surface area contributed by atoms with Crippen molar-refractivity contribution in [3.63, 3.8) is 0 Å². The van der Waals surface area contributed by atoms with E-state index in [0.717, 1.165) is 49.6 Å². The zero-order chi connectivity index (χ0) is 28.3. The van der Waals surface area contributed by atoms with Gasteiger partial charge in [-0.25, -0.2) is 9.50 Å². The third kappa shape index (κ3) is 6.10. The molecule has 3 heterocycles. The molecular weight excluding hydrogens is 510 g/mol. The van der Waals surface area contributed by atoms with Gasteiger partial charge in [0.2, 0.25) is 0 Å². The van der Waals surface area contributed by atoms with Gasteiger partial charge < -0.3 is 9.64 Å². The number of rotatable bonds is 8. The molecule has 0 aliphatic carbocycles. The Bertz CT molecular complexity index is 1670. The number of aryl methyl sites for hydroxylation is 2. The summed E-state index contributed by atoms with van der Waals surface area (Å²) >= 11 is 0. The van der Waals surface area contributed by atoms with Gasteiger partial charge in [-0.15, -0.1) is 0 Å². The molecule has 1 atom stereocenters. The molecule has 1 aliphatic heterocycles. The van der Waals surface area contributed by atoms with E-state index >= 15 is 0 Å². The second-order valence-electron chi connectivity index (χ2n) is 11.4. The molecule has 41 heavy (non-hydrogen) atoms. The van der Waals surface area contributed by atoms with Gasteiger partial charge >= 0.3 is 0 Å². The number of piperidine rings is 1. The third-order valence-corrected chi connectivity index (χ3v) is 7.94. The normalized spacial score (nSPS) is 15.6. The second-order valence-corrected chi connectivity index (χ2v) is 11.4. The Morgan fingerprint density at radius 3 is 2.66 bits per heavy atom. The van der Waals surface area contributed by atoms with Gasteiger partial charge in [-0.05, 0) is 73.8 Å². The maximum absolute atomic E-state index is 13.3. The van der Waals surface area contributed by atoms with Crippen molar-refractivity contribution in [1.82, 2.24) is 24.4 Å². The minimum Gasteiger partial charge on any atom is -0.493 e. The van der Waals surface area contributed by atoms with Crippen molar-refractivity contribution in [3.8, 4) is 5.75 Å². The van der Waals surface area contributed by atoms with E-state index < -0.39 is 0 Å². The standard InChI is InChI=1S/C34H37N5O2/c1-24-18-25(2)39-33(35-24)19-32(36-39)34(40)38-17-7-8-27(21-38)23-41-30-15-13-26(14-16-30)20-37(3)22-29-11-6-10-28-9-4-5-12-31(28)29/h4-6,9-16,18-19,27H,7-8,17,20-23H2,1-3H3/t27-/m0/s1. The highest BCUT2D eigenvalue weighted by Crippen LogP contribution is 2.23. The summed E-state index contributed by atoms with van der Waals surface area (Å²) in [6.45, 7) is 7.70. The number of fused-ring (bicyclic) bond motifs is 2. The predicted octanol–water partition coefficient (Wildman–Crippen LogP) is 6.06. The Morgan fingerprint density at radius 1 is 1.00 bits per heavy atom. The number of benzene rings is 3. The van der Waals surface area contributed by atoms with Crippen molar-refractivity contribution in [2.45, 2.75) is 39.8 Å². The van der Waals surface area contributed by atoms with Crippen LogP contribution in [0, 0.1) is 19.8 Å². The van der Waals surface area contributed by atoms with E-state index in [1.165, 1.54) is 21.9 Å². The van der Waals surface area contributed by atoms with E-state index in [-0.39, 0.29) is 5.91 Å². The summed E-state index contributed by atoms with van der Waals surface area (Å²) in [4.78, 5) is 22.0. The molecule has 5 aromatic rings. The summed E-state index contributed by atoms with van der Waals surface area (Å²) in [6.07, 6.45) is 2.01. The van der Waals surface area contributed by atoms with Crippen LogP contribution in [0.25, 0.3) is 16.4 Å². The topological polar surface area (TPSA) is 63.0 Å². The van der Waals surface area contributed by atoms with Crippen molar-refractivity contribution in [3.05, 3.63) is 107 Å². The SMILES string of the molecule is Cc1cc(C)n2nc(C(=O)N3CCC[C@H](COc4ccc(CN(C)Cc5cccc6ccccc56)cc4)C3)cc2n1. The van der Waals surface area contributed by atoms with Crippen LogP contribution in [0.4, 0.5) is 0 Å². The quantitative estimate of drug-likeness (QED) is 0.236. The van der Waals surface area contributed by atoms with Crippen molar-refractivity contribution >= 4 is 22.3 Å². The van der Waals surface area contributed by atoms with Crippen LogP contribution in [-0.4, -0.2) is 57.0 Å². The Kier molecular flexibility index (Phi) is 7.70. The monoisotopic (exact) mass is 547 g/mol. The molecule has 6 rings (SSSR count). The van der Waals surface area contributed by atoms with Crippen molar-refractivity contribution in [2.24, 2.45) is 5.92 Å². The van der Waals surface area contributed by atoms with Gasteiger partial charge in [-0.3, -0.25) is 9.69 Å². The molecule has 0 N–H and O–H groups in total. The number of hydrogen-bond acceptors (Lipinski definition) is 5. The number of carbonyl (C=O) groups excluding carboxylic acids is 1. The first-order chi connectivity index (χ1) is 19.9. The van der Waals surface area contributed by atoms with Gasteiger partial charge in [-0.2, -0.15) is 5.10 Å². The lowest BCUT2D eigenvalue weighted by Crippen LogP contribution is -2.41. The zero-order valence-corrected chi connectivity index (χ0v) is 24.1. The molecule has 7 nitrogen and oxygen atoms in total. The maximum Gasteiger partial charge on any atom is 0.274 e. The largest absolute Gasteiger partial charge is 0.493 e. The van der Waals surface area contributed by atoms with E-state index in [2.05, 4.69) is 88.8 Å². The van der Waals surface area contributed by atoms with E-state index in [9.17, 15) is 4.79 Å². The molecule has 1 saturated heterocycles. The second kappa shape index (κ2) is 11.7. The third-order valence-electron chi connectivity index (χ3n) is 7.94. The minimum atomic E-state index is -0.0331. The van der Waals surface area contributed by atoms with Crippen LogP contribution in [0.5, 0.6) is 5.75 Å². The van der Waals surface area contributed by atoms with Crippen molar-refractivity contribution in [1.29, 1.82) is 0 Å². The minimum absolute atomic E-state index is 0.0331. The van der Waals surface area contributed by atoms with Gasteiger partial charge in [0.05, 0.1) is 6.61 Å². The van der Waals surface area contributed by atoms with E-state index in [4.69, 9.17) is 4.74 Å². The van der Waals surface area contributed by atoms with Crippen LogP contribution in [0.1, 0.15) is 45.8 Å². The fourth-order valence-corrected chi connectivity index (χ4v) is 5.93. The van der Waals surface area contributed by atoms with Crippen LogP contribution < -0.4 is 4.74 Å². The summed E-state index contributed by atoms with van der Waals surface area (Å²) in [5.41, 5.74) is 5.65. The molecule has 0 saturated carbocycles. The highest BCUT2D eigenvalue weighted by atomic mass is 16.5. The Balaban J connectivity index is 1.02. The van der Waals surface area contributed by atoms with E-state index in [1.807, 2.05) is 24.8 Å². The van der Waals surface area contributed by atoms with E-state index in [0.29, 0.717) is 30.4 Å². The number of ether oxygens (including phenoxy) is 1. The number of hydrogen-bond donors (Lipinski definition) is 0. The molecule has 0 spiro atoms. The number of amides is 1. The molecule has 1 aliphatic rings. The lowest BCUT2D eigenvalue weighted by Gasteiger charge is -2.32. The number of nitrogens with zero attached hydrogens (tertiary/aromatic N) is 5. The predicted molar refractivity (Wildman–Crippen MR) is 162 cm³/mol. The number of carbonyl (C=O) groups is 1. The van der Waals surface area contributed by atoms with Crippen LogP contribution in [-0.2, 0) is 13.1 Å². The van der Waals surface area contributed by atoms with Crippen LogP contribution in [0.2, 0.25) is 0 Å². The van der Waals surface area contributed by atoms with Crippen molar-refractivity contribution < 1.29 is 9.53 Å². The molecule has 7 heteroatoms. The smallest absolute Gasteiger partial charge is 0.274 e. The van der Waals surface area contributed by atoms with Gasteiger partial charge in [0.15, 0.2) is 11.3 Å². The number of aromatic nitrogens is 3. The average Bonchev–Trinajstić information content (AvgIpc) is 3.41. The first kappa shape index (κ1) is 27.0. The molecular formula is C34H37N5O2. The average molecular weight is 548 g/mol. The first-order valence-corrected chi connectivity index (χ1v) is 14.4. The summed E-state index contributed by atoms with van der Waals surface area (Å²) < 4.78 is 7.92. The molecule has 3 aromatic carbocycles. The zero-order valence-electron chi connectivity index (χ0n) is 24.1. The fourth-order valence-electron chi connectivity index (χ4n) is 5.93. The summed E-state index contributed by atoms with van der Waals surface area (Å²) in [5, 5.41) is 7.14. The molecule has 2 aromatic heterocycles. The van der Waals surface area contributed by atoms with Crippen LogP contribution >= 0.6 is 0 Å². The Hall–Kier alpha value is -4.23. The molecule has 0 bridgehead atoms. The summed E-state index contributed by atoms with van der Waals surface area (Å²) in [6, 6.07) is 27.2. The van der Waals surface area contributed by atoms with E-state index in [1.54, 1.807) is 10.6 Å². The summed E-state index contributed by atoms with van der Waals surface area (Å²) in [5.74, 6) is 1.12. The van der Waals surface area contributed by atoms with Crippen molar-refractivity contribution in [2.75, 3.05) is 26.7 Å². The molecule has 0 unspecified atom stereocenters. The lowest BCUT2D eigenvalue weighted by atomic mass is 9.98. The Labute approximate surface area is 241 Å². The Morgan fingerprint density at radius 2 is 1.80 bits per heavy atom. The lowest BCUT2D eigenvalue weighted by molar-refractivity contribution is 0.0627. The molecule has 1 fully saturated rings. The van der Waals surface area contributed by atoms with Crippen LogP contribution in [0.15, 0.2) is 78.9 Å². The number of likely N-dealkylation sites (tertiary alicyclic amines) is 1. The highest BCUT2D eigenvalue weighted by Gasteiger charge is 2.27. The maximum atomic E-state index is 13.3. The first-order valence-electron chi connectivity index (χ1n) is 14.4. The van der Waals surface area contributed by atoms with Gasteiger partial charge in [0, 0.05) is 49.6 Å². The molecule has 1 amide bonds. The van der Waals surface area contributed by atoms with Crippen LogP contribution in [0.3, 0.4) is 0 Å². The highest BCUT2D eigenvalue weighted by molar-refractivity contribution is 5.93. The summed E-state index contributed by atoms with van der Waals surface area (Å²) in [7, 11) is 2.16.